The van der Waals surface area contributed by atoms with E-state index in [0.717, 1.165) is 16.5 Å². The first-order valence-corrected chi connectivity index (χ1v) is 8.88. The van der Waals surface area contributed by atoms with Gasteiger partial charge < -0.3 is 15.6 Å². The molecular formula is C21H18FN5O. The maximum atomic E-state index is 12.9. The monoisotopic (exact) mass is 375 g/mol. The Hall–Kier alpha value is -3.74. The van der Waals surface area contributed by atoms with Gasteiger partial charge in [0.2, 0.25) is 0 Å². The summed E-state index contributed by atoms with van der Waals surface area (Å²) in [6.07, 6.45) is 2.68. The number of amides is 1. The molecule has 0 bridgehead atoms. The molecule has 2 heterocycles. The first-order chi connectivity index (χ1) is 13.7. The van der Waals surface area contributed by atoms with Gasteiger partial charge in [-0.3, -0.25) is 4.79 Å². The first kappa shape index (κ1) is 17.7. The number of benzene rings is 2. The molecule has 0 fully saturated rings. The standard InChI is InChI=1S/C21H18FN5O/c22-15-5-7-16(8-6-15)25-20-10-9-19(26-27-20)21(28)23-12-11-14-13-24-18-4-2-1-3-17(14)18/h1-10,13,24H,11-12H2,(H,23,28)(H,25,27). The molecule has 0 aliphatic rings. The third-order valence-corrected chi connectivity index (χ3v) is 4.37. The van der Waals surface area contributed by atoms with Crippen molar-refractivity contribution < 1.29 is 9.18 Å². The molecule has 2 aromatic heterocycles. The SMILES string of the molecule is O=C(NCCc1c[nH]c2ccccc12)c1ccc(Nc2ccc(F)cc2)nn1. The van der Waals surface area contributed by atoms with Gasteiger partial charge in [0, 0.05) is 29.3 Å². The third kappa shape index (κ3) is 3.98. The summed E-state index contributed by atoms with van der Waals surface area (Å²) in [5.74, 6) is -0.112. The highest BCUT2D eigenvalue weighted by molar-refractivity contribution is 5.92. The zero-order chi connectivity index (χ0) is 19.3. The molecule has 0 saturated heterocycles. The molecule has 0 aliphatic heterocycles. The number of para-hydroxylation sites is 1. The number of anilines is 2. The van der Waals surface area contributed by atoms with Crippen molar-refractivity contribution in [3.05, 3.63) is 83.9 Å². The van der Waals surface area contributed by atoms with Crippen molar-refractivity contribution in [2.24, 2.45) is 0 Å². The molecule has 140 valence electrons. The number of halogens is 1. The minimum Gasteiger partial charge on any atom is -0.361 e. The van der Waals surface area contributed by atoms with E-state index in [4.69, 9.17) is 0 Å². The Morgan fingerprint density at radius 2 is 1.82 bits per heavy atom. The topological polar surface area (TPSA) is 82.7 Å². The van der Waals surface area contributed by atoms with Gasteiger partial charge in [0.05, 0.1) is 0 Å². The molecule has 2 aromatic carbocycles. The summed E-state index contributed by atoms with van der Waals surface area (Å²) >= 11 is 0. The van der Waals surface area contributed by atoms with Crippen LogP contribution in [0.4, 0.5) is 15.9 Å². The van der Waals surface area contributed by atoms with Crippen LogP contribution in [0.3, 0.4) is 0 Å². The smallest absolute Gasteiger partial charge is 0.271 e. The van der Waals surface area contributed by atoms with Crippen LogP contribution < -0.4 is 10.6 Å². The molecule has 4 aromatic rings. The van der Waals surface area contributed by atoms with Gasteiger partial charge in [0.1, 0.15) is 5.82 Å². The summed E-state index contributed by atoms with van der Waals surface area (Å²) in [6, 6.07) is 17.2. The van der Waals surface area contributed by atoms with E-state index in [-0.39, 0.29) is 17.4 Å². The Balaban J connectivity index is 1.32. The van der Waals surface area contributed by atoms with Gasteiger partial charge >= 0.3 is 0 Å². The highest BCUT2D eigenvalue weighted by atomic mass is 19.1. The number of carbonyl (C=O) groups excluding carboxylic acids is 1. The Kier molecular flexibility index (Phi) is 4.97. The summed E-state index contributed by atoms with van der Waals surface area (Å²) in [6.45, 7) is 0.498. The van der Waals surface area contributed by atoms with E-state index in [1.54, 1.807) is 24.3 Å². The summed E-state index contributed by atoms with van der Waals surface area (Å²) in [7, 11) is 0. The summed E-state index contributed by atoms with van der Waals surface area (Å²) in [5, 5.41) is 15.0. The minimum absolute atomic E-state index is 0.239. The van der Waals surface area contributed by atoms with Crippen LogP contribution in [0, 0.1) is 5.82 Å². The Labute approximate surface area is 160 Å². The van der Waals surface area contributed by atoms with Crippen LogP contribution in [0.15, 0.2) is 66.9 Å². The quantitative estimate of drug-likeness (QED) is 0.479. The molecule has 0 spiro atoms. The number of rotatable bonds is 6. The lowest BCUT2D eigenvalue weighted by atomic mass is 10.1. The zero-order valence-electron chi connectivity index (χ0n) is 14.9. The number of hydrogen-bond acceptors (Lipinski definition) is 4. The number of fused-ring (bicyclic) bond motifs is 1. The second-order valence-electron chi connectivity index (χ2n) is 6.30. The van der Waals surface area contributed by atoms with Crippen LogP contribution in [0.2, 0.25) is 0 Å². The average Bonchev–Trinajstić information content (AvgIpc) is 3.13. The molecule has 3 N–H and O–H groups in total. The fourth-order valence-electron chi connectivity index (χ4n) is 2.94. The largest absolute Gasteiger partial charge is 0.361 e. The van der Waals surface area contributed by atoms with Gasteiger partial charge in [-0.2, -0.15) is 0 Å². The Morgan fingerprint density at radius 1 is 1.00 bits per heavy atom. The number of hydrogen-bond donors (Lipinski definition) is 3. The van der Waals surface area contributed by atoms with Crippen LogP contribution >= 0.6 is 0 Å². The van der Waals surface area contributed by atoms with Crippen LogP contribution in [-0.2, 0) is 6.42 Å². The van der Waals surface area contributed by atoms with E-state index in [1.165, 1.54) is 12.1 Å². The minimum atomic E-state index is -0.309. The van der Waals surface area contributed by atoms with Crippen molar-refractivity contribution in [3.63, 3.8) is 0 Å². The van der Waals surface area contributed by atoms with Crippen LogP contribution in [-0.4, -0.2) is 27.6 Å². The third-order valence-electron chi connectivity index (χ3n) is 4.37. The van der Waals surface area contributed by atoms with E-state index < -0.39 is 0 Å². The van der Waals surface area contributed by atoms with Crippen LogP contribution in [0.25, 0.3) is 10.9 Å². The average molecular weight is 375 g/mol. The zero-order valence-corrected chi connectivity index (χ0v) is 14.9. The summed E-state index contributed by atoms with van der Waals surface area (Å²) in [4.78, 5) is 15.5. The van der Waals surface area contributed by atoms with Crippen molar-refractivity contribution >= 4 is 28.3 Å². The fraction of sp³-hybridized carbons (Fsp3) is 0.0952. The molecule has 28 heavy (non-hydrogen) atoms. The van der Waals surface area contributed by atoms with E-state index in [0.29, 0.717) is 24.5 Å². The van der Waals surface area contributed by atoms with Crippen LogP contribution in [0.5, 0.6) is 0 Å². The molecular weight excluding hydrogens is 357 g/mol. The molecule has 0 unspecified atom stereocenters. The van der Waals surface area contributed by atoms with Crippen molar-refractivity contribution in [3.8, 4) is 0 Å². The molecule has 1 amide bonds. The van der Waals surface area contributed by atoms with Crippen molar-refractivity contribution in [2.45, 2.75) is 6.42 Å². The maximum absolute atomic E-state index is 12.9. The predicted octanol–water partition coefficient (Wildman–Crippen LogP) is 3.81. The molecule has 0 saturated carbocycles. The number of H-pyrrole nitrogens is 1. The first-order valence-electron chi connectivity index (χ1n) is 8.88. The summed E-state index contributed by atoms with van der Waals surface area (Å²) < 4.78 is 12.9. The van der Waals surface area contributed by atoms with Gasteiger partial charge in [-0.15, -0.1) is 10.2 Å². The molecule has 0 aliphatic carbocycles. The second-order valence-corrected chi connectivity index (χ2v) is 6.30. The van der Waals surface area contributed by atoms with Crippen molar-refractivity contribution in [1.82, 2.24) is 20.5 Å². The number of aromatic nitrogens is 3. The lowest BCUT2D eigenvalue weighted by Gasteiger charge is -2.06. The number of aromatic amines is 1. The van der Waals surface area contributed by atoms with Gasteiger partial charge in [0.15, 0.2) is 11.5 Å². The summed E-state index contributed by atoms with van der Waals surface area (Å²) in [5.41, 5.74) is 3.16. The van der Waals surface area contributed by atoms with Gasteiger partial charge in [-0.05, 0) is 54.4 Å². The number of nitrogens with one attached hydrogen (secondary N) is 3. The molecule has 7 heteroatoms. The fourth-order valence-corrected chi connectivity index (χ4v) is 2.94. The van der Waals surface area contributed by atoms with E-state index in [2.05, 4.69) is 31.9 Å². The highest BCUT2D eigenvalue weighted by Gasteiger charge is 2.09. The predicted molar refractivity (Wildman–Crippen MR) is 106 cm³/mol. The highest BCUT2D eigenvalue weighted by Crippen LogP contribution is 2.18. The normalized spacial score (nSPS) is 10.8. The van der Waals surface area contributed by atoms with E-state index in [1.807, 2.05) is 24.4 Å². The van der Waals surface area contributed by atoms with Crippen LogP contribution in [0.1, 0.15) is 16.1 Å². The molecule has 4 rings (SSSR count). The Morgan fingerprint density at radius 3 is 2.61 bits per heavy atom. The maximum Gasteiger partial charge on any atom is 0.271 e. The second kappa shape index (κ2) is 7.87. The lowest BCUT2D eigenvalue weighted by Crippen LogP contribution is -2.26. The lowest BCUT2D eigenvalue weighted by molar-refractivity contribution is 0.0948. The molecule has 6 nitrogen and oxygen atoms in total. The van der Waals surface area contributed by atoms with E-state index in [9.17, 15) is 9.18 Å². The number of carbonyl (C=O) groups is 1. The molecule has 0 radical (unpaired) electrons. The van der Waals surface area contributed by atoms with Crippen molar-refractivity contribution in [2.75, 3.05) is 11.9 Å². The van der Waals surface area contributed by atoms with Gasteiger partial charge in [-0.25, -0.2) is 4.39 Å². The number of nitrogens with zero attached hydrogens (tertiary/aromatic N) is 2. The van der Waals surface area contributed by atoms with Gasteiger partial charge in [0.25, 0.3) is 5.91 Å². The molecule has 0 atom stereocenters. The van der Waals surface area contributed by atoms with Crippen molar-refractivity contribution in [1.29, 1.82) is 0 Å². The van der Waals surface area contributed by atoms with E-state index >= 15 is 0 Å². The Bertz CT molecular complexity index is 1090. The van der Waals surface area contributed by atoms with Gasteiger partial charge in [-0.1, -0.05) is 18.2 Å².